The molecule has 0 radical (unpaired) electrons. The van der Waals surface area contributed by atoms with Crippen molar-refractivity contribution in [1.82, 2.24) is 4.90 Å². The maximum absolute atomic E-state index is 12.9. The van der Waals surface area contributed by atoms with Gasteiger partial charge in [-0.15, -0.1) is 0 Å². The molecule has 1 N–H and O–H groups in total. The molecule has 1 saturated carbocycles. The lowest BCUT2D eigenvalue weighted by molar-refractivity contribution is -0.290. The quantitative estimate of drug-likeness (QED) is 0.558. The van der Waals surface area contributed by atoms with Gasteiger partial charge >= 0.3 is 5.97 Å². The molecule has 4 nitrogen and oxygen atoms in total. The van der Waals surface area contributed by atoms with Crippen LogP contribution in [0.1, 0.15) is 56.1 Å². The molecule has 2 aliphatic rings. The second kappa shape index (κ2) is 9.66. The Morgan fingerprint density at radius 3 is 2.47 bits per heavy atom. The van der Waals surface area contributed by atoms with Crippen molar-refractivity contribution in [3.05, 3.63) is 57.6 Å². The van der Waals surface area contributed by atoms with E-state index >= 15 is 0 Å². The minimum atomic E-state index is -0.763. The van der Waals surface area contributed by atoms with Crippen LogP contribution in [0, 0.1) is 23.4 Å². The molecule has 1 amide bonds. The number of aliphatic carboxylic acids is 1. The van der Waals surface area contributed by atoms with Gasteiger partial charge in [-0.2, -0.15) is 0 Å². The zero-order chi connectivity index (χ0) is 23.0. The van der Waals surface area contributed by atoms with Gasteiger partial charge in [-0.05, 0) is 42.9 Å². The Hall–Kier alpha value is -1.69. The van der Waals surface area contributed by atoms with Crippen LogP contribution in [0.15, 0.2) is 46.2 Å². The van der Waals surface area contributed by atoms with E-state index in [1.165, 1.54) is 10.5 Å². The summed E-state index contributed by atoms with van der Waals surface area (Å²) in [5, 5.41) is 10.4. The van der Waals surface area contributed by atoms with Gasteiger partial charge in [-0.25, -0.2) is 0 Å². The first-order chi connectivity index (χ1) is 15.3. The number of nitrogens with zero attached hydrogens (tertiary/aromatic N) is 1. The van der Waals surface area contributed by atoms with Gasteiger partial charge in [-0.3, -0.25) is 9.59 Å². The van der Waals surface area contributed by atoms with Crippen molar-refractivity contribution in [3.8, 4) is 0 Å². The van der Waals surface area contributed by atoms with Crippen LogP contribution in [0.4, 0.5) is 0 Å². The van der Waals surface area contributed by atoms with E-state index in [-0.39, 0.29) is 23.7 Å². The fraction of sp³-hybridized carbons (Fsp3) is 0.440. The van der Waals surface area contributed by atoms with E-state index in [0.29, 0.717) is 41.9 Å². The molecule has 2 aromatic carbocycles. The summed E-state index contributed by atoms with van der Waals surface area (Å²) in [7, 11) is 0. The molecule has 4 rings (SSSR count). The Balaban J connectivity index is 1.45. The first-order valence-corrected chi connectivity index (χ1v) is 12.7. The van der Waals surface area contributed by atoms with E-state index in [9.17, 15) is 9.59 Å². The number of carbonyl (C=O) groups excluding carboxylic acids is 1. The fourth-order valence-corrected chi connectivity index (χ4v) is 6.30. The molecule has 0 bridgehead atoms. The van der Waals surface area contributed by atoms with E-state index in [4.69, 9.17) is 28.3 Å². The third kappa shape index (κ3) is 4.80. The van der Waals surface area contributed by atoms with Crippen LogP contribution < -0.4 is 0 Å². The highest BCUT2D eigenvalue weighted by molar-refractivity contribution is 7.99. The van der Waals surface area contributed by atoms with Crippen molar-refractivity contribution in [2.45, 2.75) is 54.7 Å². The molecule has 170 valence electrons. The molecule has 32 heavy (non-hydrogen) atoms. The molecule has 1 aliphatic heterocycles. The Morgan fingerprint density at radius 2 is 1.81 bits per heavy atom. The van der Waals surface area contributed by atoms with Crippen molar-refractivity contribution in [3.63, 3.8) is 0 Å². The molecule has 1 saturated heterocycles. The standard InChI is InChI=1S/C25H27Cl2NO3S/c1-14(2)16-5-3-4-6-20(16)32-21-8-7-17(22(26)23(21)27)18-13-19(18)24(29)28-11-9-15(10-12-28)25(30)31/h3-8,14-15,18-19,26H,9-13H2,1-2H3/p+1. The number of carboxylic acids is 1. The second-order valence-electron chi connectivity index (χ2n) is 8.98. The Bertz CT molecular complexity index is 1030. The zero-order valence-electron chi connectivity index (χ0n) is 18.2. The predicted molar refractivity (Wildman–Crippen MR) is 124 cm³/mol. The highest BCUT2D eigenvalue weighted by Crippen LogP contribution is 2.52. The van der Waals surface area contributed by atoms with Crippen LogP contribution in [0.3, 0.4) is 0 Å². The maximum atomic E-state index is 12.9. The molecule has 2 atom stereocenters. The Morgan fingerprint density at radius 1 is 1.12 bits per heavy atom. The van der Waals surface area contributed by atoms with Gasteiger partial charge in [0.2, 0.25) is 10.9 Å². The number of hydrogen-bond acceptors (Lipinski definition) is 3. The molecular weight excluding hydrogens is 465 g/mol. The van der Waals surface area contributed by atoms with Crippen molar-refractivity contribution in [1.29, 1.82) is 0 Å². The fourth-order valence-electron chi connectivity index (χ4n) is 4.49. The smallest absolute Gasteiger partial charge is 0.306 e. The number of hydrogen-bond donors (Lipinski definition) is 1. The summed E-state index contributed by atoms with van der Waals surface area (Å²) in [6.45, 7) is 5.39. The molecule has 0 aromatic heterocycles. The maximum Gasteiger partial charge on any atom is 0.306 e. The van der Waals surface area contributed by atoms with E-state index in [2.05, 4.69) is 32.0 Å². The highest BCUT2D eigenvalue weighted by Gasteiger charge is 2.48. The number of carbonyl (C=O) groups is 2. The lowest BCUT2D eigenvalue weighted by atomic mass is 9.96. The van der Waals surface area contributed by atoms with Gasteiger partial charge in [0, 0.05) is 40.3 Å². The molecule has 2 aromatic rings. The number of benzene rings is 2. The lowest BCUT2D eigenvalue weighted by Crippen LogP contribution is -2.41. The summed E-state index contributed by atoms with van der Waals surface area (Å²) in [5.74, 6) is -0.535. The number of carboxylic acid groups (broad SMARTS) is 1. The average Bonchev–Trinajstić information content (AvgIpc) is 3.57. The zero-order valence-corrected chi connectivity index (χ0v) is 20.6. The molecule has 7 heteroatoms. The van der Waals surface area contributed by atoms with Crippen LogP contribution in [0.5, 0.6) is 0 Å². The SMILES string of the molecule is CC(C)c1ccccc1Sc1ccc(C2CC2C(=O)N2CCC(C(=O)O)CC2)c([ClH+])c1Cl. The molecule has 0 spiro atoms. The number of amides is 1. The second-order valence-corrected chi connectivity index (χ2v) is 10.8. The third-order valence-corrected chi connectivity index (χ3v) is 8.72. The van der Waals surface area contributed by atoms with Crippen molar-refractivity contribution >= 4 is 35.2 Å². The predicted octanol–water partition coefficient (Wildman–Crippen LogP) is 5.74. The van der Waals surface area contributed by atoms with Crippen LogP contribution in [-0.4, -0.2) is 35.0 Å². The Kier molecular flexibility index (Phi) is 7.09. The highest BCUT2D eigenvalue weighted by atomic mass is 35.5. The Labute approximate surface area is 203 Å². The first-order valence-electron chi connectivity index (χ1n) is 11.1. The van der Waals surface area contributed by atoms with Crippen LogP contribution >= 0.6 is 23.4 Å². The summed E-state index contributed by atoms with van der Waals surface area (Å²) < 4.78 is 0. The van der Waals surface area contributed by atoms with E-state index in [0.717, 1.165) is 16.9 Å². The topological polar surface area (TPSA) is 57.6 Å². The minimum absolute atomic E-state index is 0.0747. The van der Waals surface area contributed by atoms with E-state index in [1.54, 1.807) is 11.8 Å². The number of likely N-dealkylation sites (tertiary alicyclic amines) is 1. The van der Waals surface area contributed by atoms with Gasteiger partial charge in [0.15, 0.2) is 11.6 Å². The largest absolute Gasteiger partial charge is 0.481 e. The van der Waals surface area contributed by atoms with Crippen LogP contribution in [-0.2, 0) is 9.59 Å². The monoisotopic (exact) mass is 492 g/mol. The van der Waals surface area contributed by atoms with Gasteiger partial charge in [0.25, 0.3) is 0 Å². The number of rotatable bonds is 6. The van der Waals surface area contributed by atoms with Crippen LogP contribution in [0.25, 0.3) is 0 Å². The summed E-state index contributed by atoms with van der Waals surface area (Å²) in [6.07, 6.45) is 1.83. The van der Waals surface area contributed by atoms with E-state index in [1.807, 2.05) is 23.1 Å². The number of piperidine rings is 1. The van der Waals surface area contributed by atoms with Gasteiger partial charge in [-0.1, -0.05) is 61.5 Å². The molecule has 1 heterocycles. The third-order valence-electron chi connectivity index (χ3n) is 6.52. The average molecular weight is 493 g/mol. The van der Waals surface area contributed by atoms with Gasteiger partial charge in [0.05, 0.1) is 5.92 Å². The summed E-state index contributed by atoms with van der Waals surface area (Å²) in [4.78, 5) is 28.0. The van der Waals surface area contributed by atoms with Gasteiger partial charge < -0.3 is 10.0 Å². The summed E-state index contributed by atoms with van der Waals surface area (Å²) in [6, 6.07) is 12.4. The number of halogens is 2. The lowest BCUT2D eigenvalue weighted by Gasteiger charge is -2.30. The minimum Gasteiger partial charge on any atom is -0.481 e. The molecule has 2 unspecified atom stereocenters. The van der Waals surface area contributed by atoms with Crippen molar-refractivity contribution in [2.75, 3.05) is 13.1 Å². The molecular formula is C25H28Cl2NO3S+. The van der Waals surface area contributed by atoms with Crippen LogP contribution in [0.2, 0.25) is 10.0 Å². The molecule has 1 aliphatic carbocycles. The first kappa shape index (κ1) is 23.5. The van der Waals surface area contributed by atoms with Crippen molar-refractivity contribution < 1.29 is 26.3 Å². The van der Waals surface area contributed by atoms with Crippen molar-refractivity contribution in [2.24, 2.45) is 11.8 Å². The van der Waals surface area contributed by atoms with E-state index < -0.39 is 5.97 Å². The molecule has 2 fully saturated rings. The van der Waals surface area contributed by atoms with Gasteiger partial charge in [0.1, 0.15) is 5.02 Å². The summed E-state index contributed by atoms with van der Waals surface area (Å²) >= 11 is 14.0. The normalized spacial score (nSPS) is 21.1. The summed E-state index contributed by atoms with van der Waals surface area (Å²) in [5.41, 5.74) is 2.26.